The van der Waals surface area contributed by atoms with E-state index in [1.54, 1.807) is 4.68 Å². The van der Waals surface area contributed by atoms with Gasteiger partial charge in [0.25, 0.3) is 0 Å². The number of nitrogens with zero attached hydrogens (tertiary/aromatic N) is 5. The van der Waals surface area contributed by atoms with E-state index in [0.29, 0.717) is 6.61 Å². The first-order valence-corrected chi connectivity index (χ1v) is 9.84. The van der Waals surface area contributed by atoms with Crippen molar-refractivity contribution in [3.8, 4) is 17.0 Å². The first-order valence-electron chi connectivity index (χ1n) is 9.84. The van der Waals surface area contributed by atoms with Crippen LogP contribution in [-0.2, 0) is 20.0 Å². The number of aromatic amines is 1. The Hall–Kier alpha value is -3.09. The van der Waals surface area contributed by atoms with Crippen molar-refractivity contribution in [2.75, 3.05) is 6.61 Å². The lowest BCUT2D eigenvalue weighted by Gasteiger charge is -2.11. The molecule has 0 spiro atoms. The molecule has 0 fully saturated rings. The van der Waals surface area contributed by atoms with Gasteiger partial charge in [0.2, 0.25) is 5.88 Å². The molecule has 3 aromatic heterocycles. The highest BCUT2D eigenvalue weighted by Gasteiger charge is 2.18. The molecule has 0 saturated heterocycles. The molecule has 1 aromatic carbocycles. The molecule has 1 unspecified atom stereocenters. The minimum Gasteiger partial charge on any atom is -0.477 e. The number of aromatic nitrogens is 6. The first kappa shape index (κ1) is 17.0. The standard InChI is InChI=1S/C21H24N6O/c1-14-11-16-7-9-27(25-16)8-3-4-10-28-21-18(13-22-26(21)2)15-5-6-19-17(12-15)20(14)24-23-19/h5-7,9,12-14H,3-4,8,10-11H2,1-2H3,(H,23,24). The van der Waals surface area contributed by atoms with Crippen molar-refractivity contribution < 1.29 is 4.74 Å². The van der Waals surface area contributed by atoms with Crippen LogP contribution in [0.2, 0.25) is 0 Å². The number of aryl methyl sites for hydroxylation is 2. The third-order valence-corrected chi connectivity index (χ3v) is 5.49. The molecule has 1 N–H and O–H groups in total. The fraction of sp³-hybridized carbons (Fsp3) is 0.381. The van der Waals surface area contributed by atoms with Crippen LogP contribution in [0.3, 0.4) is 0 Å². The minimum atomic E-state index is 0.268. The van der Waals surface area contributed by atoms with Crippen LogP contribution >= 0.6 is 0 Å². The lowest BCUT2D eigenvalue weighted by molar-refractivity contribution is 0.278. The van der Waals surface area contributed by atoms with Crippen molar-refractivity contribution in [3.05, 3.63) is 48.0 Å². The van der Waals surface area contributed by atoms with Crippen molar-refractivity contribution >= 4 is 10.9 Å². The summed E-state index contributed by atoms with van der Waals surface area (Å²) in [6, 6.07) is 8.50. The summed E-state index contributed by atoms with van der Waals surface area (Å²) in [7, 11) is 1.92. The molecular formula is C21H24N6O. The van der Waals surface area contributed by atoms with E-state index in [-0.39, 0.29) is 5.92 Å². The summed E-state index contributed by atoms with van der Waals surface area (Å²) >= 11 is 0. The maximum Gasteiger partial charge on any atom is 0.219 e. The normalized spacial score (nSPS) is 17.6. The molecule has 1 aliphatic heterocycles. The average Bonchev–Trinajstić information content (AvgIpc) is 3.39. The number of benzene rings is 1. The van der Waals surface area contributed by atoms with Crippen LogP contribution < -0.4 is 4.74 Å². The Morgan fingerprint density at radius 3 is 3.07 bits per heavy atom. The Balaban J connectivity index is 1.61. The quantitative estimate of drug-likeness (QED) is 0.508. The van der Waals surface area contributed by atoms with Gasteiger partial charge in [0, 0.05) is 31.1 Å². The Morgan fingerprint density at radius 2 is 2.14 bits per heavy atom. The number of fused-ring (bicyclic) bond motifs is 5. The molecule has 4 bridgehead atoms. The van der Waals surface area contributed by atoms with Crippen molar-refractivity contribution in [2.24, 2.45) is 7.05 Å². The highest BCUT2D eigenvalue weighted by Crippen LogP contribution is 2.34. The SMILES string of the molecule is CC1Cc2ccn(n2)CCCCOc2c(cnn2C)-c2ccc3[nH]nc1c3c2. The fourth-order valence-electron chi connectivity index (χ4n) is 3.97. The number of H-pyrrole nitrogens is 1. The molecule has 28 heavy (non-hydrogen) atoms. The molecule has 0 amide bonds. The van der Waals surface area contributed by atoms with Gasteiger partial charge in [0.05, 0.1) is 35.3 Å². The lowest BCUT2D eigenvalue weighted by atomic mass is 9.97. The Bertz CT molecular complexity index is 1120. The van der Waals surface area contributed by atoms with Gasteiger partial charge in [-0.25, -0.2) is 4.68 Å². The molecule has 4 aromatic rings. The minimum absolute atomic E-state index is 0.268. The molecule has 0 aliphatic carbocycles. The summed E-state index contributed by atoms with van der Waals surface area (Å²) < 4.78 is 9.95. The zero-order valence-corrected chi connectivity index (χ0v) is 16.2. The Labute approximate surface area is 163 Å². The highest BCUT2D eigenvalue weighted by molar-refractivity contribution is 5.87. The second-order valence-corrected chi connectivity index (χ2v) is 7.59. The molecule has 7 nitrogen and oxygen atoms in total. The molecule has 1 atom stereocenters. The zero-order valence-electron chi connectivity index (χ0n) is 16.2. The molecule has 144 valence electrons. The largest absolute Gasteiger partial charge is 0.477 e. The summed E-state index contributed by atoms with van der Waals surface area (Å²) in [6.45, 7) is 3.78. The monoisotopic (exact) mass is 376 g/mol. The van der Waals surface area contributed by atoms with Crippen LogP contribution in [0.4, 0.5) is 0 Å². The number of hydrogen-bond acceptors (Lipinski definition) is 4. The summed E-state index contributed by atoms with van der Waals surface area (Å²) in [5.74, 6) is 1.08. The van der Waals surface area contributed by atoms with Crippen LogP contribution in [0.5, 0.6) is 5.88 Å². The van der Waals surface area contributed by atoms with Gasteiger partial charge in [-0.3, -0.25) is 9.78 Å². The third-order valence-electron chi connectivity index (χ3n) is 5.49. The van der Waals surface area contributed by atoms with Crippen molar-refractivity contribution in [1.82, 2.24) is 29.8 Å². The summed E-state index contributed by atoms with van der Waals surface area (Å²) in [4.78, 5) is 0. The van der Waals surface area contributed by atoms with Gasteiger partial charge in [0.1, 0.15) is 0 Å². The van der Waals surface area contributed by atoms with Gasteiger partial charge in [-0.05, 0) is 43.0 Å². The average molecular weight is 376 g/mol. The fourth-order valence-corrected chi connectivity index (χ4v) is 3.97. The second-order valence-electron chi connectivity index (χ2n) is 7.59. The predicted molar refractivity (Wildman–Crippen MR) is 107 cm³/mol. The second kappa shape index (κ2) is 6.82. The van der Waals surface area contributed by atoms with Crippen LogP contribution in [-0.4, -0.2) is 36.4 Å². The highest BCUT2D eigenvalue weighted by atomic mass is 16.5. The number of ether oxygens (including phenoxy) is 1. The maximum atomic E-state index is 6.11. The molecule has 5 rings (SSSR count). The van der Waals surface area contributed by atoms with Crippen molar-refractivity contribution in [2.45, 2.75) is 38.6 Å². The molecule has 1 aliphatic rings. The van der Waals surface area contributed by atoms with Gasteiger partial charge < -0.3 is 4.74 Å². The van der Waals surface area contributed by atoms with E-state index in [9.17, 15) is 0 Å². The van der Waals surface area contributed by atoms with E-state index >= 15 is 0 Å². The van der Waals surface area contributed by atoms with E-state index in [4.69, 9.17) is 9.84 Å². The van der Waals surface area contributed by atoms with E-state index in [1.165, 1.54) is 0 Å². The maximum absolute atomic E-state index is 6.11. The van der Waals surface area contributed by atoms with Crippen LogP contribution in [0.15, 0.2) is 36.7 Å². The van der Waals surface area contributed by atoms with Crippen LogP contribution in [0.25, 0.3) is 22.0 Å². The molecular weight excluding hydrogens is 352 g/mol. The smallest absolute Gasteiger partial charge is 0.219 e. The molecule has 7 heteroatoms. The molecule has 0 saturated carbocycles. The zero-order chi connectivity index (χ0) is 19.1. The van der Waals surface area contributed by atoms with E-state index in [1.807, 2.05) is 17.9 Å². The molecule has 4 heterocycles. The lowest BCUT2D eigenvalue weighted by Crippen LogP contribution is -2.07. The van der Waals surface area contributed by atoms with Gasteiger partial charge in [-0.2, -0.15) is 15.3 Å². The summed E-state index contributed by atoms with van der Waals surface area (Å²) in [5.41, 5.74) is 5.35. The van der Waals surface area contributed by atoms with Crippen molar-refractivity contribution in [3.63, 3.8) is 0 Å². The topological polar surface area (TPSA) is 73.5 Å². The van der Waals surface area contributed by atoms with E-state index < -0.39 is 0 Å². The van der Waals surface area contributed by atoms with Gasteiger partial charge in [-0.1, -0.05) is 13.0 Å². The number of nitrogens with one attached hydrogen (secondary N) is 1. The number of hydrogen-bond donors (Lipinski definition) is 1. The summed E-state index contributed by atoms with van der Waals surface area (Å²) in [6.07, 6.45) is 6.83. The first-order chi connectivity index (χ1) is 13.7. The number of rotatable bonds is 0. The van der Waals surface area contributed by atoms with Gasteiger partial charge >= 0.3 is 0 Å². The van der Waals surface area contributed by atoms with E-state index in [2.05, 4.69) is 52.7 Å². The van der Waals surface area contributed by atoms with Crippen LogP contribution in [0, 0.1) is 0 Å². The molecule has 0 radical (unpaired) electrons. The van der Waals surface area contributed by atoms with Crippen molar-refractivity contribution in [1.29, 1.82) is 0 Å². The summed E-state index contributed by atoms with van der Waals surface area (Å²) in [5, 5.41) is 18.1. The van der Waals surface area contributed by atoms with Crippen LogP contribution in [0.1, 0.15) is 37.1 Å². The van der Waals surface area contributed by atoms with Gasteiger partial charge in [-0.15, -0.1) is 0 Å². The Morgan fingerprint density at radius 1 is 1.21 bits per heavy atom. The van der Waals surface area contributed by atoms with E-state index in [0.717, 1.165) is 65.1 Å². The predicted octanol–water partition coefficient (Wildman–Crippen LogP) is 3.68. The third kappa shape index (κ3) is 2.96. The van der Waals surface area contributed by atoms with Gasteiger partial charge in [0.15, 0.2) is 0 Å². The Kier molecular flexibility index (Phi) is 4.15.